The van der Waals surface area contributed by atoms with E-state index in [-0.39, 0.29) is 11.4 Å². The number of hydrogen-bond donors (Lipinski definition) is 3. The molecule has 1 aromatic rings. The molecule has 0 fully saturated rings. The Morgan fingerprint density at radius 3 is 2.54 bits per heavy atom. The van der Waals surface area contributed by atoms with Crippen molar-refractivity contribution in [2.75, 3.05) is 11.9 Å². The lowest BCUT2D eigenvalue weighted by molar-refractivity contribution is -0.123. The Balaban J connectivity index is 2.57. The highest BCUT2D eigenvalue weighted by Gasteiger charge is 2.20. The van der Waals surface area contributed by atoms with E-state index in [1.54, 1.807) is 31.2 Å². The number of benzene rings is 1. The highest BCUT2D eigenvalue weighted by atomic mass is 16.5. The maximum Gasteiger partial charge on any atom is 0.319 e. The van der Waals surface area contributed by atoms with E-state index in [1.165, 1.54) is 0 Å². The van der Waals surface area contributed by atoms with Crippen LogP contribution in [-0.4, -0.2) is 30.1 Å². The third-order valence-electron chi connectivity index (χ3n) is 2.82. The molecule has 24 heavy (non-hydrogen) atoms. The SMILES string of the molecule is C=C(C)COc1cccc(NC(=O)NC(C)C(=O)NC(C)(C)C)c1. The van der Waals surface area contributed by atoms with Crippen molar-refractivity contribution < 1.29 is 14.3 Å². The largest absolute Gasteiger partial charge is 0.489 e. The van der Waals surface area contributed by atoms with Crippen molar-refractivity contribution >= 4 is 17.6 Å². The van der Waals surface area contributed by atoms with Gasteiger partial charge in [0.1, 0.15) is 18.4 Å². The van der Waals surface area contributed by atoms with Crippen molar-refractivity contribution in [1.29, 1.82) is 0 Å². The minimum absolute atomic E-state index is 0.240. The molecule has 1 atom stereocenters. The van der Waals surface area contributed by atoms with Crippen molar-refractivity contribution in [2.24, 2.45) is 0 Å². The van der Waals surface area contributed by atoms with Gasteiger partial charge >= 0.3 is 6.03 Å². The lowest BCUT2D eigenvalue weighted by Gasteiger charge is -2.23. The second-order valence-electron chi connectivity index (χ2n) is 6.83. The molecule has 0 bridgehead atoms. The molecule has 0 heterocycles. The molecule has 3 N–H and O–H groups in total. The summed E-state index contributed by atoms with van der Waals surface area (Å²) >= 11 is 0. The lowest BCUT2D eigenvalue weighted by Crippen LogP contribution is -2.51. The molecule has 1 unspecified atom stereocenters. The number of amides is 3. The van der Waals surface area contributed by atoms with Crippen LogP contribution in [0.4, 0.5) is 10.5 Å². The van der Waals surface area contributed by atoms with Gasteiger partial charge in [-0.25, -0.2) is 4.79 Å². The molecule has 0 saturated carbocycles. The first-order valence-corrected chi connectivity index (χ1v) is 7.83. The number of anilines is 1. The molecule has 0 aromatic heterocycles. The Kier molecular flexibility index (Phi) is 6.82. The molecule has 0 aliphatic heterocycles. The first-order chi connectivity index (χ1) is 11.1. The quantitative estimate of drug-likeness (QED) is 0.700. The smallest absolute Gasteiger partial charge is 0.319 e. The molecule has 0 aliphatic rings. The van der Waals surface area contributed by atoms with E-state index in [0.717, 1.165) is 5.57 Å². The summed E-state index contributed by atoms with van der Waals surface area (Å²) in [6.45, 7) is 13.3. The first kappa shape index (κ1) is 19.5. The monoisotopic (exact) mass is 333 g/mol. The molecule has 0 radical (unpaired) electrons. The molecule has 0 saturated heterocycles. The first-order valence-electron chi connectivity index (χ1n) is 7.83. The van der Waals surface area contributed by atoms with Crippen LogP contribution in [0, 0.1) is 0 Å². The van der Waals surface area contributed by atoms with Crippen molar-refractivity contribution in [3.63, 3.8) is 0 Å². The Bertz CT molecular complexity index is 606. The summed E-state index contributed by atoms with van der Waals surface area (Å²) in [6.07, 6.45) is 0. The van der Waals surface area contributed by atoms with E-state index in [4.69, 9.17) is 4.74 Å². The van der Waals surface area contributed by atoms with E-state index >= 15 is 0 Å². The Morgan fingerprint density at radius 1 is 1.29 bits per heavy atom. The lowest BCUT2D eigenvalue weighted by atomic mass is 10.1. The van der Waals surface area contributed by atoms with E-state index < -0.39 is 12.1 Å². The number of carbonyl (C=O) groups is 2. The fourth-order valence-corrected chi connectivity index (χ4v) is 1.78. The minimum atomic E-state index is -0.646. The Morgan fingerprint density at radius 2 is 1.96 bits per heavy atom. The molecule has 1 aromatic carbocycles. The van der Waals surface area contributed by atoms with Gasteiger partial charge in [0, 0.05) is 17.3 Å². The topological polar surface area (TPSA) is 79.5 Å². The van der Waals surface area contributed by atoms with Gasteiger partial charge in [-0.2, -0.15) is 0 Å². The fraction of sp³-hybridized carbons (Fsp3) is 0.444. The second kappa shape index (κ2) is 8.38. The summed E-state index contributed by atoms with van der Waals surface area (Å²) in [4.78, 5) is 24.0. The van der Waals surface area contributed by atoms with Crippen LogP contribution in [0.15, 0.2) is 36.4 Å². The molecule has 6 heteroatoms. The van der Waals surface area contributed by atoms with Crippen LogP contribution in [0.2, 0.25) is 0 Å². The molecule has 3 amide bonds. The second-order valence-corrected chi connectivity index (χ2v) is 6.83. The number of rotatable bonds is 6. The predicted molar refractivity (Wildman–Crippen MR) is 96.3 cm³/mol. The van der Waals surface area contributed by atoms with Gasteiger partial charge in [0.05, 0.1) is 0 Å². The molecule has 1 rings (SSSR count). The maximum atomic E-state index is 12.0. The van der Waals surface area contributed by atoms with Crippen LogP contribution in [0.1, 0.15) is 34.6 Å². The summed E-state index contributed by atoms with van der Waals surface area (Å²) in [6, 6.07) is 5.93. The van der Waals surface area contributed by atoms with Crippen LogP contribution < -0.4 is 20.7 Å². The summed E-state index contributed by atoms with van der Waals surface area (Å²) in [5.74, 6) is 0.394. The van der Waals surface area contributed by atoms with Crippen LogP contribution >= 0.6 is 0 Å². The number of urea groups is 1. The average Bonchev–Trinajstić information content (AvgIpc) is 2.43. The van der Waals surface area contributed by atoms with Gasteiger partial charge in [0.15, 0.2) is 0 Å². The predicted octanol–water partition coefficient (Wildman–Crippen LogP) is 3.07. The number of nitrogens with one attached hydrogen (secondary N) is 3. The average molecular weight is 333 g/mol. The van der Waals surface area contributed by atoms with Gasteiger partial charge in [0.25, 0.3) is 0 Å². The summed E-state index contributed by atoms with van der Waals surface area (Å²) in [7, 11) is 0. The zero-order valence-corrected chi connectivity index (χ0v) is 15.0. The summed E-state index contributed by atoms with van der Waals surface area (Å²) < 4.78 is 5.53. The van der Waals surface area contributed by atoms with Crippen LogP contribution in [0.25, 0.3) is 0 Å². The minimum Gasteiger partial charge on any atom is -0.489 e. The molecule has 0 spiro atoms. The molecule has 6 nitrogen and oxygen atoms in total. The van der Waals surface area contributed by atoms with Gasteiger partial charge in [-0.3, -0.25) is 4.79 Å². The van der Waals surface area contributed by atoms with E-state index in [0.29, 0.717) is 18.0 Å². The third kappa shape index (κ3) is 7.67. The maximum absolute atomic E-state index is 12.0. The van der Waals surface area contributed by atoms with Crippen molar-refractivity contribution in [3.05, 3.63) is 36.4 Å². The van der Waals surface area contributed by atoms with Gasteiger partial charge in [-0.05, 0) is 52.3 Å². The van der Waals surface area contributed by atoms with Crippen molar-refractivity contribution in [2.45, 2.75) is 46.2 Å². The third-order valence-corrected chi connectivity index (χ3v) is 2.82. The van der Waals surface area contributed by atoms with Gasteiger partial charge < -0.3 is 20.7 Å². The number of carbonyl (C=O) groups excluding carboxylic acids is 2. The van der Waals surface area contributed by atoms with Crippen molar-refractivity contribution in [3.8, 4) is 5.75 Å². The van der Waals surface area contributed by atoms with E-state index in [1.807, 2.05) is 27.7 Å². The van der Waals surface area contributed by atoms with Gasteiger partial charge in [-0.1, -0.05) is 12.6 Å². The zero-order valence-electron chi connectivity index (χ0n) is 15.0. The summed E-state index contributed by atoms with van der Waals surface area (Å²) in [5, 5.41) is 8.10. The van der Waals surface area contributed by atoms with E-state index in [2.05, 4.69) is 22.5 Å². The highest BCUT2D eigenvalue weighted by Crippen LogP contribution is 2.17. The highest BCUT2D eigenvalue weighted by molar-refractivity contribution is 5.93. The normalized spacial score (nSPS) is 12.0. The summed E-state index contributed by atoms with van der Waals surface area (Å²) in [5.41, 5.74) is 1.14. The number of hydrogen-bond acceptors (Lipinski definition) is 3. The van der Waals surface area contributed by atoms with Gasteiger partial charge in [-0.15, -0.1) is 0 Å². The fourth-order valence-electron chi connectivity index (χ4n) is 1.78. The molecule has 0 aliphatic carbocycles. The zero-order chi connectivity index (χ0) is 18.3. The van der Waals surface area contributed by atoms with Crippen LogP contribution in [0.5, 0.6) is 5.75 Å². The Hall–Kier alpha value is -2.50. The standard InChI is InChI=1S/C18H27N3O3/c1-12(2)11-24-15-9-7-8-14(10-15)20-17(23)19-13(3)16(22)21-18(4,5)6/h7-10,13H,1,11H2,2-6H3,(H,21,22)(H2,19,20,23). The van der Waals surface area contributed by atoms with E-state index in [9.17, 15) is 9.59 Å². The molecular formula is C18H27N3O3. The Labute approximate surface area is 143 Å². The van der Waals surface area contributed by atoms with Crippen LogP contribution in [-0.2, 0) is 4.79 Å². The molecular weight excluding hydrogens is 306 g/mol. The van der Waals surface area contributed by atoms with Crippen molar-refractivity contribution in [1.82, 2.24) is 10.6 Å². The number of ether oxygens (including phenoxy) is 1. The van der Waals surface area contributed by atoms with Crippen LogP contribution in [0.3, 0.4) is 0 Å². The van der Waals surface area contributed by atoms with Gasteiger partial charge in [0.2, 0.25) is 5.91 Å². The molecule has 132 valence electrons.